The van der Waals surface area contributed by atoms with Crippen LogP contribution < -0.4 is 11.5 Å². The number of hydrogen-bond donors (Lipinski definition) is 2. The second-order valence-corrected chi connectivity index (χ2v) is 3.79. The van der Waals surface area contributed by atoms with Gasteiger partial charge in [0.2, 0.25) is 0 Å². The van der Waals surface area contributed by atoms with Crippen molar-refractivity contribution in [3.05, 3.63) is 29.8 Å². The molecule has 0 spiro atoms. The molecule has 1 aromatic carbocycles. The maximum atomic E-state index is 11.0. The monoisotopic (exact) mass is 192 g/mol. The average molecular weight is 192 g/mol. The van der Waals surface area contributed by atoms with Gasteiger partial charge in [-0.05, 0) is 6.07 Å². The number of nitrogens with two attached hydrogens (primary N) is 2. The second kappa shape index (κ2) is 2.74. The van der Waals surface area contributed by atoms with E-state index < -0.39 is 5.91 Å². The van der Waals surface area contributed by atoms with Gasteiger partial charge in [-0.2, -0.15) is 0 Å². The SMILES string of the molecule is NC(=O)c1c(N)sc2ccccc12. The Morgan fingerprint density at radius 3 is 2.69 bits per heavy atom. The van der Waals surface area contributed by atoms with Crippen LogP contribution in [-0.2, 0) is 0 Å². The van der Waals surface area contributed by atoms with Gasteiger partial charge in [-0.25, -0.2) is 0 Å². The Morgan fingerprint density at radius 2 is 2.00 bits per heavy atom. The second-order valence-electron chi connectivity index (χ2n) is 2.70. The zero-order valence-electron chi connectivity index (χ0n) is 6.78. The van der Waals surface area contributed by atoms with Crippen LogP contribution in [0.25, 0.3) is 10.1 Å². The normalized spacial score (nSPS) is 10.5. The number of carbonyl (C=O) groups excluding carboxylic acids is 1. The van der Waals surface area contributed by atoms with Gasteiger partial charge in [0.25, 0.3) is 5.91 Å². The van der Waals surface area contributed by atoms with E-state index in [1.54, 1.807) is 0 Å². The van der Waals surface area contributed by atoms with Crippen molar-refractivity contribution < 1.29 is 4.79 Å². The van der Waals surface area contributed by atoms with Crippen molar-refractivity contribution in [2.75, 3.05) is 5.73 Å². The van der Waals surface area contributed by atoms with E-state index in [0.717, 1.165) is 10.1 Å². The van der Waals surface area contributed by atoms with Crippen LogP contribution in [-0.4, -0.2) is 5.91 Å². The quantitative estimate of drug-likeness (QED) is 0.720. The summed E-state index contributed by atoms with van der Waals surface area (Å²) in [7, 11) is 0. The minimum Gasteiger partial charge on any atom is -0.390 e. The fourth-order valence-corrected chi connectivity index (χ4v) is 2.29. The molecule has 66 valence electrons. The van der Waals surface area contributed by atoms with Gasteiger partial charge in [0.15, 0.2) is 0 Å². The van der Waals surface area contributed by atoms with Gasteiger partial charge in [-0.1, -0.05) is 18.2 Å². The lowest BCUT2D eigenvalue weighted by atomic mass is 10.1. The van der Waals surface area contributed by atoms with E-state index in [0.29, 0.717) is 10.6 Å². The number of nitrogen functional groups attached to an aromatic ring is 1. The van der Waals surface area contributed by atoms with Crippen LogP contribution in [0.5, 0.6) is 0 Å². The number of fused-ring (bicyclic) bond motifs is 1. The van der Waals surface area contributed by atoms with Crippen molar-refractivity contribution in [2.24, 2.45) is 5.73 Å². The van der Waals surface area contributed by atoms with Crippen LogP contribution in [0.3, 0.4) is 0 Å². The van der Waals surface area contributed by atoms with E-state index in [4.69, 9.17) is 11.5 Å². The molecular formula is C9H8N2OS. The van der Waals surface area contributed by atoms with E-state index in [1.807, 2.05) is 24.3 Å². The van der Waals surface area contributed by atoms with Crippen LogP contribution in [0.15, 0.2) is 24.3 Å². The minimum absolute atomic E-state index is 0.445. The van der Waals surface area contributed by atoms with Gasteiger partial charge < -0.3 is 11.5 Å². The number of amides is 1. The summed E-state index contributed by atoms with van der Waals surface area (Å²) in [4.78, 5) is 11.0. The van der Waals surface area contributed by atoms with Crippen LogP contribution >= 0.6 is 11.3 Å². The van der Waals surface area contributed by atoms with Crippen molar-refractivity contribution in [1.82, 2.24) is 0 Å². The molecule has 1 amide bonds. The Balaban J connectivity index is 2.86. The number of thiophene rings is 1. The predicted molar refractivity (Wildman–Crippen MR) is 54.8 cm³/mol. The van der Waals surface area contributed by atoms with E-state index in [-0.39, 0.29) is 0 Å². The third kappa shape index (κ3) is 1.15. The minimum atomic E-state index is -0.463. The molecule has 0 fully saturated rings. The molecule has 1 aromatic heterocycles. The highest BCUT2D eigenvalue weighted by molar-refractivity contribution is 7.23. The molecule has 2 aromatic rings. The first-order valence-corrected chi connectivity index (χ1v) is 4.58. The number of benzene rings is 1. The van der Waals surface area contributed by atoms with Gasteiger partial charge in [0.05, 0.1) is 10.6 Å². The summed E-state index contributed by atoms with van der Waals surface area (Å²) in [5, 5.41) is 1.34. The van der Waals surface area contributed by atoms with E-state index >= 15 is 0 Å². The molecule has 0 radical (unpaired) electrons. The van der Waals surface area contributed by atoms with E-state index in [1.165, 1.54) is 11.3 Å². The standard InChI is InChI=1S/C9H8N2OS/c10-8(12)7-5-3-1-2-4-6(5)13-9(7)11/h1-4H,11H2,(H2,10,12). The fourth-order valence-electron chi connectivity index (χ4n) is 1.32. The molecule has 4 N–H and O–H groups in total. The highest BCUT2D eigenvalue weighted by Gasteiger charge is 2.13. The van der Waals surface area contributed by atoms with Crippen LogP contribution in [0.1, 0.15) is 10.4 Å². The Morgan fingerprint density at radius 1 is 1.31 bits per heavy atom. The van der Waals surface area contributed by atoms with Crippen molar-refractivity contribution in [3.8, 4) is 0 Å². The first-order valence-electron chi connectivity index (χ1n) is 3.77. The number of anilines is 1. The predicted octanol–water partition coefficient (Wildman–Crippen LogP) is 1.58. The van der Waals surface area contributed by atoms with Crippen molar-refractivity contribution in [1.29, 1.82) is 0 Å². The highest BCUT2D eigenvalue weighted by Crippen LogP contribution is 2.32. The number of carbonyl (C=O) groups is 1. The number of hydrogen-bond acceptors (Lipinski definition) is 3. The van der Waals surface area contributed by atoms with Crippen LogP contribution in [0, 0.1) is 0 Å². The summed E-state index contributed by atoms with van der Waals surface area (Å²) in [5.41, 5.74) is 11.3. The molecule has 0 aliphatic carbocycles. The largest absolute Gasteiger partial charge is 0.390 e. The maximum Gasteiger partial charge on any atom is 0.252 e. The Hall–Kier alpha value is -1.55. The zero-order valence-corrected chi connectivity index (χ0v) is 7.60. The lowest BCUT2D eigenvalue weighted by molar-refractivity contribution is 0.100. The summed E-state index contributed by atoms with van der Waals surface area (Å²) in [5.74, 6) is -0.463. The molecule has 0 saturated carbocycles. The molecule has 0 atom stereocenters. The third-order valence-electron chi connectivity index (χ3n) is 1.87. The van der Waals surface area contributed by atoms with Gasteiger partial charge in [0.1, 0.15) is 0 Å². The topological polar surface area (TPSA) is 69.1 Å². The summed E-state index contributed by atoms with van der Waals surface area (Å²) in [6, 6.07) is 7.54. The van der Waals surface area contributed by atoms with E-state index in [9.17, 15) is 4.79 Å². The van der Waals surface area contributed by atoms with Crippen molar-refractivity contribution in [3.63, 3.8) is 0 Å². The molecule has 2 rings (SSSR count). The molecule has 0 bridgehead atoms. The molecule has 4 heteroatoms. The zero-order chi connectivity index (χ0) is 9.42. The molecule has 3 nitrogen and oxygen atoms in total. The molecule has 0 saturated heterocycles. The number of primary amides is 1. The highest BCUT2D eigenvalue weighted by atomic mass is 32.1. The van der Waals surface area contributed by atoms with Gasteiger partial charge in [-0.3, -0.25) is 4.79 Å². The Kier molecular flexibility index (Phi) is 1.70. The fraction of sp³-hybridized carbons (Fsp3) is 0. The van der Waals surface area contributed by atoms with E-state index in [2.05, 4.69) is 0 Å². The Bertz CT molecular complexity index is 475. The van der Waals surface area contributed by atoms with Crippen LogP contribution in [0.2, 0.25) is 0 Å². The van der Waals surface area contributed by atoms with Crippen molar-refractivity contribution >= 4 is 32.3 Å². The summed E-state index contributed by atoms with van der Waals surface area (Å²) < 4.78 is 0.994. The third-order valence-corrected chi connectivity index (χ3v) is 2.87. The van der Waals surface area contributed by atoms with Crippen molar-refractivity contribution in [2.45, 2.75) is 0 Å². The van der Waals surface area contributed by atoms with Gasteiger partial charge >= 0.3 is 0 Å². The molecule has 1 heterocycles. The lowest BCUT2D eigenvalue weighted by Gasteiger charge is -1.93. The summed E-state index contributed by atoms with van der Waals surface area (Å²) in [6.45, 7) is 0. The molecule has 13 heavy (non-hydrogen) atoms. The summed E-state index contributed by atoms with van der Waals surface area (Å²) >= 11 is 1.38. The van der Waals surface area contributed by atoms with Gasteiger partial charge in [0, 0.05) is 10.1 Å². The Labute approximate surface area is 79.0 Å². The molecule has 0 aliphatic heterocycles. The van der Waals surface area contributed by atoms with Crippen LogP contribution in [0.4, 0.5) is 5.00 Å². The molecule has 0 unspecified atom stereocenters. The lowest BCUT2D eigenvalue weighted by Crippen LogP contribution is -2.11. The smallest absolute Gasteiger partial charge is 0.252 e. The molecular weight excluding hydrogens is 184 g/mol. The average Bonchev–Trinajstić information content (AvgIpc) is 2.39. The maximum absolute atomic E-state index is 11.0. The van der Waals surface area contributed by atoms with Gasteiger partial charge in [-0.15, -0.1) is 11.3 Å². The molecule has 0 aliphatic rings. The number of rotatable bonds is 1. The first-order chi connectivity index (χ1) is 6.20. The first kappa shape index (κ1) is 8.07. The summed E-state index contributed by atoms with van der Waals surface area (Å²) in [6.07, 6.45) is 0.